The van der Waals surface area contributed by atoms with Crippen LogP contribution in [0.2, 0.25) is 0 Å². The molecule has 0 aliphatic carbocycles. The molecule has 0 spiro atoms. The van der Waals surface area contributed by atoms with Gasteiger partial charge in [0.15, 0.2) is 0 Å². The van der Waals surface area contributed by atoms with Gasteiger partial charge in [0.05, 0.1) is 17.1 Å². The van der Waals surface area contributed by atoms with Gasteiger partial charge in [-0.3, -0.25) is 14.9 Å². The molecule has 0 bridgehead atoms. The maximum atomic E-state index is 13.0. The van der Waals surface area contributed by atoms with Crippen LogP contribution in [0.25, 0.3) is 0 Å². The van der Waals surface area contributed by atoms with Gasteiger partial charge in [0.2, 0.25) is 5.16 Å². The van der Waals surface area contributed by atoms with Crippen LogP contribution < -0.4 is 14.8 Å². The minimum Gasteiger partial charge on any atom is -0.494 e. The number of tetrazole rings is 1. The Bertz CT molecular complexity index is 1340. The monoisotopic (exact) mass is 492 g/mol. The van der Waals surface area contributed by atoms with Crippen molar-refractivity contribution in [1.29, 1.82) is 0 Å². The van der Waals surface area contributed by atoms with Crippen LogP contribution in [0.5, 0.6) is 17.2 Å². The number of nitrogens with zero attached hydrogens (tertiary/aromatic N) is 5. The molecule has 0 saturated heterocycles. The van der Waals surface area contributed by atoms with Crippen LogP contribution in [-0.2, 0) is 7.05 Å². The van der Waals surface area contributed by atoms with Gasteiger partial charge in [0.25, 0.3) is 11.6 Å². The van der Waals surface area contributed by atoms with Crippen molar-refractivity contribution in [3.63, 3.8) is 0 Å². The van der Waals surface area contributed by atoms with Crippen LogP contribution >= 0.6 is 11.8 Å². The van der Waals surface area contributed by atoms with Gasteiger partial charge in [-0.05, 0) is 83.7 Å². The Balaban J connectivity index is 1.49. The number of ether oxygens (including phenoxy) is 2. The van der Waals surface area contributed by atoms with Gasteiger partial charge < -0.3 is 14.8 Å². The average Bonchev–Trinajstić information content (AvgIpc) is 3.26. The van der Waals surface area contributed by atoms with E-state index in [1.54, 1.807) is 43.4 Å². The summed E-state index contributed by atoms with van der Waals surface area (Å²) in [5.41, 5.74) is 0.424. The maximum Gasteiger partial charge on any atom is 0.270 e. The van der Waals surface area contributed by atoms with Crippen molar-refractivity contribution in [3.8, 4) is 17.2 Å². The van der Waals surface area contributed by atoms with Gasteiger partial charge in [-0.1, -0.05) is 0 Å². The molecule has 0 unspecified atom stereocenters. The highest BCUT2D eigenvalue weighted by atomic mass is 32.2. The third-order valence-electron chi connectivity index (χ3n) is 4.68. The quantitative estimate of drug-likeness (QED) is 0.260. The third kappa shape index (κ3) is 5.92. The first kappa shape index (κ1) is 23.7. The molecule has 0 aliphatic heterocycles. The number of nitrogens with one attached hydrogen (secondary N) is 1. The lowest BCUT2D eigenvalue weighted by Gasteiger charge is -2.11. The van der Waals surface area contributed by atoms with Gasteiger partial charge in [0, 0.05) is 29.8 Å². The fourth-order valence-corrected chi connectivity index (χ4v) is 3.86. The highest BCUT2D eigenvalue weighted by Crippen LogP contribution is 2.32. The van der Waals surface area contributed by atoms with E-state index in [1.807, 2.05) is 19.1 Å². The number of rotatable bonds is 9. The number of non-ortho nitro benzene ring substituents is 1. The lowest BCUT2D eigenvalue weighted by atomic mass is 10.2. The molecule has 0 saturated carbocycles. The van der Waals surface area contributed by atoms with E-state index in [4.69, 9.17) is 9.47 Å². The maximum absolute atomic E-state index is 13.0. The minimum absolute atomic E-state index is 0.127. The van der Waals surface area contributed by atoms with Crippen molar-refractivity contribution in [2.75, 3.05) is 11.9 Å². The Labute approximate surface area is 204 Å². The molecule has 0 atom stereocenters. The molecule has 4 rings (SSSR count). The largest absolute Gasteiger partial charge is 0.494 e. The first-order valence-electron chi connectivity index (χ1n) is 10.4. The summed E-state index contributed by atoms with van der Waals surface area (Å²) in [6.45, 7) is 2.50. The SMILES string of the molecule is CCOc1ccc(Oc2ccc(NC(=O)c3cc([N+](=O)[O-])ccc3Sc3nnnn3C)cc2)cc1. The minimum atomic E-state index is -0.553. The number of nitro groups is 1. The summed E-state index contributed by atoms with van der Waals surface area (Å²) in [6.07, 6.45) is 0. The number of hydrogen-bond acceptors (Lipinski definition) is 9. The number of benzene rings is 3. The number of amides is 1. The van der Waals surface area contributed by atoms with E-state index < -0.39 is 10.8 Å². The molecule has 0 aliphatic rings. The number of aryl methyl sites for hydroxylation is 1. The van der Waals surface area contributed by atoms with Gasteiger partial charge in [0.1, 0.15) is 17.2 Å². The molecule has 1 heterocycles. The van der Waals surface area contributed by atoms with E-state index in [-0.39, 0.29) is 11.3 Å². The van der Waals surface area contributed by atoms with Crippen LogP contribution in [0.3, 0.4) is 0 Å². The van der Waals surface area contributed by atoms with Gasteiger partial charge >= 0.3 is 0 Å². The molecular formula is C23H20N6O5S. The molecule has 12 heteroatoms. The predicted octanol–water partition coefficient (Wildman–Crippen LogP) is 4.71. The Morgan fingerprint density at radius 2 is 1.71 bits per heavy atom. The van der Waals surface area contributed by atoms with E-state index in [0.717, 1.165) is 17.5 Å². The van der Waals surface area contributed by atoms with Crippen molar-refractivity contribution in [1.82, 2.24) is 20.2 Å². The molecule has 4 aromatic rings. The molecule has 178 valence electrons. The van der Waals surface area contributed by atoms with Gasteiger partial charge in [-0.2, -0.15) is 0 Å². The third-order valence-corrected chi connectivity index (χ3v) is 5.79. The summed E-state index contributed by atoms with van der Waals surface area (Å²) < 4.78 is 12.7. The van der Waals surface area contributed by atoms with Crippen molar-refractivity contribution in [2.24, 2.45) is 7.05 Å². The van der Waals surface area contributed by atoms with Crippen LogP contribution in [0.1, 0.15) is 17.3 Å². The zero-order valence-electron chi connectivity index (χ0n) is 18.7. The van der Waals surface area contributed by atoms with E-state index in [9.17, 15) is 14.9 Å². The number of anilines is 1. The second kappa shape index (κ2) is 10.7. The number of nitro benzene ring substituents is 1. The first-order chi connectivity index (χ1) is 16.9. The molecule has 1 aromatic heterocycles. The fourth-order valence-electron chi connectivity index (χ4n) is 3.02. The van der Waals surface area contributed by atoms with E-state index >= 15 is 0 Å². The summed E-state index contributed by atoms with van der Waals surface area (Å²) in [6, 6.07) is 18.1. The zero-order chi connectivity index (χ0) is 24.8. The van der Waals surface area contributed by atoms with Crippen LogP contribution in [-0.4, -0.2) is 37.6 Å². The standard InChI is InChI=1S/C23H20N6O5S/c1-3-33-17-9-11-19(12-10-17)34-18-7-4-15(5-8-18)24-22(30)20-14-16(29(31)32)6-13-21(20)35-23-25-26-27-28(23)2/h4-14H,3H2,1-2H3,(H,24,30). The van der Waals surface area contributed by atoms with E-state index in [1.165, 1.54) is 22.9 Å². The van der Waals surface area contributed by atoms with E-state index in [0.29, 0.717) is 33.8 Å². The van der Waals surface area contributed by atoms with Crippen molar-refractivity contribution < 1.29 is 19.2 Å². The molecule has 0 fully saturated rings. The summed E-state index contributed by atoms with van der Waals surface area (Å²) >= 11 is 1.13. The molecule has 35 heavy (non-hydrogen) atoms. The predicted molar refractivity (Wildman–Crippen MR) is 128 cm³/mol. The highest BCUT2D eigenvalue weighted by molar-refractivity contribution is 7.99. The number of hydrogen-bond donors (Lipinski definition) is 1. The fraction of sp³-hybridized carbons (Fsp3) is 0.130. The second-order valence-electron chi connectivity index (χ2n) is 7.11. The van der Waals surface area contributed by atoms with Crippen molar-refractivity contribution >= 4 is 29.0 Å². The first-order valence-corrected chi connectivity index (χ1v) is 11.3. The normalized spacial score (nSPS) is 10.6. The van der Waals surface area contributed by atoms with Crippen molar-refractivity contribution in [3.05, 3.63) is 82.4 Å². The molecular weight excluding hydrogens is 472 g/mol. The summed E-state index contributed by atoms with van der Waals surface area (Å²) in [7, 11) is 1.66. The number of carbonyl (C=O) groups is 1. The van der Waals surface area contributed by atoms with Gasteiger partial charge in [-0.25, -0.2) is 4.68 Å². The number of aromatic nitrogens is 4. The van der Waals surface area contributed by atoms with Crippen molar-refractivity contribution in [2.45, 2.75) is 17.0 Å². The van der Waals surface area contributed by atoms with Crippen LogP contribution in [0, 0.1) is 10.1 Å². The zero-order valence-corrected chi connectivity index (χ0v) is 19.6. The lowest BCUT2D eigenvalue weighted by molar-refractivity contribution is -0.384. The summed E-state index contributed by atoms with van der Waals surface area (Å²) in [5.74, 6) is 1.47. The molecule has 3 aromatic carbocycles. The lowest BCUT2D eigenvalue weighted by Crippen LogP contribution is -2.13. The molecule has 1 amide bonds. The topological polar surface area (TPSA) is 134 Å². The highest BCUT2D eigenvalue weighted by Gasteiger charge is 2.19. The Kier molecular flexibility index (Phi) is 7.21. The molecule has 0 radical (unpaired) electrons. The average molecular weight is 493 g/mol. The smallest absolute Gasteiger partial charge is 0.270 e. The Hall–Kier alpha value is -4.45. The van der Waals surface area contributed by atoms with Crippen LogP contribution in [0.4, 0.5) is 11.4 Å². The Morgan fingerprint density at radius 1 is 1.06 bits per heavy atom. The second-order valence-corrected chi connectivity index (χ2v) is 8.12. The van der Waals surface area contributed by atoms with E-state index in [2.05, 4.69) is 20.8 Å². The molecule has 1 N–H and O–H groups in total. The van der Waals surface area contributed by atoms with Crippen LogP contribution in [0.15, 0.2) is 76.8 Å². The summed E-state index contributed by atoms with van der Waals surface area (Å²) in [5, 5.41) is 25.7. The van der Waals surface area contributed by atoms with Gasteiger partial charge in [-0.15, -0.1) is 5.10 Å². The summed E-state index contributed by atoms with van der Waals surface area (Å²) in [4.78, 5) is 24.2. The molecule has 11 nitrogen and oxygen atoms in total. The Morgan fingerprint density at radius 3 is 2.31 bits per heavy atom. The number of carbonyl (C=O) groups excluding carboxylic acids is 1.